The average molecular weight is 387 g/mol. The summed E-state index contributed by atoms with van der Waals surface area (Å²) in [6.07, 6.45) is -1.61. The fraction of sp³-hybridized carbons (Fsp3) is 0.312. The van der Waals surface area contributed by atoms with Crippen molar-refractivity contribution in [3.63, 3.8) is 0 Å². The molecule has 1 aliphatic heterocycles. The van der Waals surface area contributed by atoms with Gasteiger partial charge in [-0.2, -0.15) is 13.2 Å². The number of nitrogens with zero attached hydrogens (tertiary/aromatic N) is 3. The van der Waals surface area contributed by atoms with E-state index in [1.807, 2.05) is 0 Å². The highest BCUT2D eigenvalue weighted by Gasteiger charge is 2.35. The quantitative estimate of drug-likeness (QED) is 0.870. The van der Waals surface area contributed by atoms with Crippen molar-refractivity contribution in [2.24, 2.45) is 0 Å². The SMILES string of the molecule is O=C(Nc1ccccc1C(F)(F)F)N1CCC(Oc2ncc(Cl)cn2)C1. The number of hydrogen-bond acceptors (Lipinski definition) is 4. The Labute approximate surface area is 151 Å². The Morgan fingerprint density at radius 3 is 2.65 bits per heavy atom. The summed E-state index contributed by atoms with van der Waals surface area (Å²) < 4.78 is 44.6. The molecule has 1 N–H and O–H groups in total. The van der Waals surface area contributed by atoms with Crippen LogP contribution in [0.15, 0.2) is 36.7 Å². The van der Waals surface area contributed by atoms with Gasteiger partial charge in [-0.05, 0) is 12.1 Å². The highest BCUT2D eigenvalue weighted by molar-refractivity contribution is 6.30. The van der Waals surface area contributed by atoms with Crippen LogP contribution in [0.3, 0.4) is 0 Å². The van der Waals surface area contributed by atoms with E-state index in [1.54, 1.807) is 0 Å². The van der Waals surface area contributed by atoms with Gasteiger partial charge in [-0.25, -0.2) is 14.8 Å². The summed E-state index contributed by atoms with van der Waals surface area (Å²) in [6, 6.07) is 4.34. The molecule has 1 aromatic carbocycles. The lowest BCUT2D eigenvalue weighted by molar-refractivity contribution is -0.136. The smallest absolute Gasteiger partial charge is 0.418 e. The topological polar surface area (TPSA) is 67.4 Å². The molecule has 1 unspecified atom stereocenters. The van der Waals surface area contributed by atoms with Crippen molar-refractivity contribution >= 4 is 23.3 Å². The lowest BCUT2D eigenvalue weighted by atomic mass is 10.1. The van der Waals surface area contributed by atoms with Gasteiger partial charge in [0.1, 0.15) is 6.10 Å². The number of ether oxygens (including phenoxy) is 1. The third kappa shape index (κ3) is 4.34. The van der Waals surface area contributed by atoms with Gasteiger partial charge in [0.2, 0.25) is 0 Å². The van der Waals surface area contributed by atoms with Crippen molar-refractivity contribution in [2.75, 3.05) is 18.4 Å². The molecule has 0 radical (unpaired) electrons. The number of benzene rings is 1. The Balaban J connectivity index is 1.61. The zero-order valence-corrected chi connectivity index (χ0v) is 14.1. The monoisotopic (exact) mass is 386 g/mol. The number of anilines is 1. The Hall–Kier alpha value is -2.55. The van der Waals surface area contributed by atoms with Crippen molar-refractivity contribution in [1.29, 1.82) is 0 Å². The van der Waals surface area contributed by atoms with Gasteiger partial charge >= 0.3 is 18.2 Å². The van der Waals surface area contributed by atoms with Crippen molar-refractivity contribution in [1.82, 2.24) is 14.9 Å². The molecule has 0 saturated carbocycles. The maximum absolute atomic E-state index is 13.0. The highest BCUT2D eigenvalue weighted by Crippen LogP contribution is 2.34. The number of rotatable bonds is 3. The van der Waals surface area contributed by atoms with Gasteiger partial charge in [0, 0.05) is 13.0 Å². The maximum atomic E-state index is 13.0. The number of halogens is 4. The normalized spacial score (nSPS) is 17.2. The van der Waals surface area contributed by atoms with Crippen LogP contribution >= 0.6 is 11.6 Å². The molecule has 0 bridgehead atoms. The second-order valence-corrected chi connectivity index (χ2v) is 6.07. The number of likely N-dealkylation sites (tertiary alicyclic amines) is 1. The Morgan fingerprint density at radius 1 is 1.27 bits per heavy atom. The molecular formula is C16H14ClF3N4O2. The minimum Gasteiger partial charge on any atom is -0.458 e. The van der Waals surface area contributed by atoms with E-state index in [1.165, 1.54) is 35.5 Å². The number of amides is 2. The van der Waals surface area contributed by atoms with Crippen LogP contribution in [-0.4, -0.2) is 40.1 Å². The van der Waals surface area contributed by atoms with Crippen molar-refractivity contribution < 1.29 is 22.7 Å². The zero-order chi connectivity index (χ0) is 18.7. The Morgan fingerprint density at radius 2 is 1.96 bits per heavy atom. The third-order valence-corrected chi connectivity index (χ3v) is 3.97. The van der Waals surface area contributed by atoms with E-state index in [4.69, 9.17) is 16.3 Å². The number of alkyl halides is 3. The molecular weight excluding hydrogens is 373 g/mol. The second kappa shape index (κ2) is 7.36. The van der Waals surface area contributed by atoms with Crippen LogP contribution in [0.25, 0.3) is 0 Å². The average Bonchev–Trinajstić information content (AvgIpc) is 3.05. The van der Waals surface area contributed by atoms with Crippen LogP contribution < -0.4 is 10.1 Å². The van der Waals surface area contributed by atoms with Gasteiger partial charge in [-0.1, -0.05) is 23.7 Å². The molecule has 0 spiro atoms. The number of carbonyl (C=O) groups is 1. The van der Waals surface area contributed by atoms with E-state index < -0.39 is 17.8 Å². The Bertz CT molecular complexity index is 786. The summed E-state index contributed by atoms with van der Waals surface area (Å²) in [5.41, 5.74) is -1.18. The number of carbonyl (C=O) groups excluding carboxylic acids is 1. The van der Waals surface area contributed by atoms with E-state index in [0.29, 0.717) is 18.0 Å². The molecule has 10 heteroatoms. The first-order valence-corrected chi connectivity index (χ1v) is 8.07. The molecule has 0 aliphatic carbocycles. The van der Waals surface area contributed by atoms with Crippen LogP contribution in [0.5, 0.6) is 6.01 Å². The van der Waals surface area contributed by atoms with Gasteiger partial charge in [0.05, 0.1) is 35.2 Å². The zero-order valence-electron chi connectivity index (χ0n) is 13.3. The molecule has 1 atom stereocenters. The molecule has 138 valence electrons. The number of urea groups is 1. The van der Waals surface area contributed by atoms with Gasteiger partial charge in [-0.15, -0.1) is 0 Å². The lowest BCUT2D eigenvalue weighted by Crippen LogP contribution is -2.35. The van der Waals surface area contributed by atoms with E-state index in [9.17, 15) is 18.0 Å². The number of para-hydroxylation sites is 1. The second-order valence-electron chi connectivity index (χ2n) is 5.63. The van der Waals surface area contributed by atoms with Crippen LogP contribution in [0, 0.1) is 0 Å². The molecule has 2 heterocycles. The molecule has 1 aromatic heterocycles. The van der Waals surface area contributed by atoms with Crippen LogP contribution in [0.1, 0.15) is 12.0 Å². The van der Waals surface area contributed by atoms with Gasteiger partial charge < -0.3 is 15.0 Å². The molecule has 2 aromatic rings. The largest absolute Gasteiger partial charge is 0.458 e. The fourth-order valence-electron chi connectivity index (χ4n) is 2.55. The van der Waals surface area contributed by atoms with Crippen molar-refractivity contribution in [3.8, 4) is 6.01 Å². The minimum atomic E-state index is -4.55. The molecule has 1 fully saturated rings. The summed E-state index contributed by atoms with van der Waals surface area (Å²) in [5.74, 6) is 0. The first-order valence-electron chi connectivity index (χ1n) is 7.69. The summed E-state index contributed by atoms with van der Waals surface area (Å²) >= 11 is 5.69. The van der Waals surface area contributed by atoms with Gasteiger partial charge in [0.25, 0.3) is 0 Å². The van der Waals surface area contributed by atoms with Gasteiger partial charge in [-0.3, -0.25) is 0 Å². The number of nitrogens with one attached hydrogen (secondary N) is 1. The summed E-state index contributed by atoms with van der Waals surface area (Å²) in [7, 11) is 0. The predicted octanol–water partition coefficient (Wildman–Crippen LogP) is 3.83. The first kappa shape index (κ1) is 18.2. The molecule has 2 amide bonds. The van der Waals surface area contributed by atoms with Crippen LogP contribution in [0.2, 0.25) is 5.02 Å². The Kier molecular flexibility index (Phi) is 5.17. The summed E-state index contributed by atoms with van der Waals surface area (Å²) in [5, 5.41) is 2.68. The van der Waals surface area contributed by atoms with Gasteiger partial charge in [0.15, 0.2) is 0 Å². The van der Waals surface area contributed by atoms with Crippen LogP contribution in [0.4, 0.5) is 23.7 Å². The van der Waals surface area contributed by atoms with E-state index in [0.717, 1.165) is 6.07 Å². The first-order chi connectivity index (χ1) is 12.3. The lowest BCUT2D eigenvalue weighted by Gasteiger charge is -2.19. The molecule has 1 saturated heterocycles. The molecule has 1 aliphatic rings. The van der Waals surface area contributed by atoms with E-state index >= 15 is 0 Å². The fourth-order valence-corrected chi connectivity index (χ4v) is 2.65. The van der Waals surface area contributed by atoms with Crippen molar-refractivity contribution in [2.45, 2.75) is 18.7 Å². The maximum Gasteiger partial charge on any atom is 0.418 e. The standard InChI is InChI=1S/C16H14ClF3N4O2/c17-10-7-21-14(22-8-10)26-11-5-6-24(9-11)15(25)23-13-4-2-1-3-12(13)16(18,19)20/h1-4,7-8,11H,5-6,9H2,(H,23,25). The summed E-state index contributed by atoms with van der Waals surface area (Å²) in [4.78, 5) is 21.5. The third-order valence-electron chi connectivity index (χ3n) is 3.78. The number of hydrogen-bond donors (Lipinski definition) is 1. The van der Waals surface area contributed by atoms with Crippen LogP contribution in [-0.2, 0) is 6.18 Å². The predicted molar refractivity (Wildman–Crippen MR) is 88.1 cm³/mol. The van der Waals surface area contributed by atoms with Crippen molar-refractivity contribution in [3.05, 3.63) is 47.2 Å². The van der Waals surface area contributed by atoms with E-state index in [2.05, 4.69) is 15.3 Å². The molecule has 6 nitrogen and oxygen atoms in total. The molecule has 26 heavy (non-hydrogen) atoms. The molecule has 3 rings (SSSR count). The minimum absolute atomic E-state index is 0.129. The number of aromatic nitrogens is 2. The summed E-state index contributed by atoms with van der Waals surface area (Å²) in [6.45, 7) is 0.560. The van der Waals surface area contributed by atoms with E-state index in [-0.39, 0.29) is 24.3 Å². The highest BCUT2D eigenvalue weighted by atomic mass is 35.5.